The van der Waals surface area contributed by atoms with Gasteiger partial charge in [0.15, 0.2) is 0 Å². The lowest BCUT2D eigenvalue weighted by atomic mass is 9.94. The van der Waals surface area contributed by atoms with Crippen molar-refractivity contribution in [2.45, 2.75) is 45.3 Å². The Kier molecular flexibility index (Phi) is 3.31. The lowest BCUT2D eigenvalue weighted by Gasteiger charge is -2.28. The quantitative estimate of drug-likeness (QED) is 0.650. The average Bonchev–Trinajstić information content (AvgIpc) is 2.05. The third-order valence-corrected chi connectivity index (χ3v) is 2.37. The van der Waals surface area contributed by atoms with E-state index in [0.29, 0.717) is 0 Å². The molecule has 0 aromatic carbocycles. The van der Waals surface area contributed by atoms with E-state index in [4.69, 9.17) is 0 Å². The van der Waals surface area contributed by atoms with Gasteiger partial charge in [-0.1, -0.05) is 20.3 Å². The molecule has 2 heteroatoms. The molecule has 0 aliphatic carbocycles. The first-order valence-corrected chi connectivity index (χ1v) is 4.59. The summed E-state index contributed by atoms with van der Waals surface area (Å²) in [6, 6.07) is 0.128. The van der Waals surface area contributed by atoms with E-state index < -0.39 is 6.17 Å². The number of hydrogen-bond acceptors (Lipinski definition) is 1. The highest BCUT2D eigenvalue weighted by Crippen LogP contribution is 2.18. The SMILES string of the molecule is CC(C)[C@@H](F)[C@H]1CCCCN1. The number of halogens is 1. The van der Waals surface area contributed by atoms with Crippen molar-refractivity contribution >= 4 is 0 Å². The van der Waals surface area contributed by atoms with Gasteiger partial charge in [-0.25, -0.2) is 4.39 Å². The summed E-state index contributed by atoms with van der Waals surface area (Å²) in [5.74, 6) is 0.158. The summed E-state index contributed by atoms with van der Waals surface area (Å²) in [6.07, 6.45) is 2.75. The molecule has 0 spiro atoms. The van der Waals surface area contributed by atoms with Crippen molar-refractivity contribution in [2.24, 2.45) is 5.92 Å². The molecule has 66 valence electrons. The van der Waals surface area contributed by atoms with Crippen LogP contribution in [-0.2, 0) is 0 Å². The first-order valence-electron chi connectivity index (χ1n) is 4.59. The zero-order valence-electron chi connectivity index (χ0n) is 7.44. The van der Waals surface area contributed by atoms with Crippen LogP contribution in [0.15, 0.2) is 0 Å². The normalized spacial score (nSPS) is 28.9. The Bertz CT molecular complexity index is 108. The van der Waals surface area contributed by atoms with Crippen LogP contribution < -0.4 is 5.32 Å². The highest BCUT2D eigenvalue weighted by molar-refractivity contribution is 4.81. The highest BCUT2D eigenvalue weighted by atomic mass is 19.1. The fourth-order valence-electron chi connectivity index (χ4n) is 1.62. The van der Waals surface area contributed by atoms with Gasteiger partial charge >= 0.3 is 0 Å². The number of nitrogens with one attached hydrogen (secondary N) is 1. The van der Waals surface area contributed by atoms with Crippen molar-refractivity contribution in [1.29, 1.82) is 0 Å². The minimum absolute atomic E-state index is 0.128. The topological polar surface area (TPSA) is 12.0 Å². The van der Waals surface area contributed by atoms with E-state index in [1.165, 1.54) is 12.8 Å². The minimum Gasteiger partial charge on any atom is -0.311 e. The van der Waals surface area contributed by atoms with Gasteiger partial charge in [0.25, 0.3) is 0 Å². The number of hydrogen-bond donors (Lipinski definition) is 1. The van der Waals surface area contributed by atoms with Gasteiger partial charge in [0.05, 0.1) is 0 Å². The van der Waals surface area contributed by atoms with Crippen LogP contribution in [0.1, 0.15) is 33.1 Å². The maximum Gasteiger partial charge on any atom is 0.118 e. The molecule has 0 aromatic heterocycles. The van der Waals surface area contributed by atoms with Crippen molar-refractivity contribution in [3.8, 4) is 0 Å². The van der Waals surface area contributed by atoms with Gasteiger partial charge in [0.2, 0.25) is 0 Å². The predicted octanol–water partition coefficient (Wildman–Crippen LogP) is 2.12. The van der Waals surface area contributed by atoms with E-state index in [-0.39, 0.29) is 12.0 Å². The lowest BCUT2D eigenvalue weighted by Crippen LogP contribution is -2.43. The molecule has 1 N–H and O–H groups in total. The maximum atomic E-state index is 13.3. The van der Waals surface area contributed by atoms with E-state index in [1.54, 1.807) is 0 Å². The van der Waals surface area contributed by atoms with E-state index in [1.807, 2.05) is 13.8 Å². The Morgan fingerprint density at radius 1 is 1.36 bits per heavy atom. The highest BCUT2D eigenvalue weighted by Gasteiger charge is 2.24. The van der Waals surface area contributed by atoms with Crippen LogP contribution in [0.5, 0.6) is 0 Å². The molecule has 0 bridgehead atoms. The van der Waals surface area contributed by atoms with Crippen molar-refractivity contribution in [1.82, 2.24) is 5.32 Å². The van der Waals surface area contributed by atoms with Crippen LogP contribution in [0.25, 0.3) is 0 Å². The van der Waals surface area contributed by atoms with Gasteiger partial charge < -0.3 is 5.32 Å². The second-order valence-corrected chi connectivity index (χ2v) is 3.74. The molecule has 0 aromatic rings. The molecule has 11 heavy (non-hydrogen) atoms. The van der Waals surface area contributed by atoms with Crippen LogP contribution in [0.3, 0.4) is 0 Å². The minimum atomic E-state index is -0.657. The first-order chi connectivity index (χ1) is 5.22. The summed E-state index contributed by atoms with van der Waals surface area (Å²) >= 11 is 0. The Hall–Kier alpha value is -0.110. The van der Waals surface area contributed by atoms with E-state index >= 15 is 0 Å². The van der Waals surface area contributed by atoms with Crippen LogP contribution >= 0.6 is 0 Å². The predicted molar refractivity (Wildman–Crippen MR) is 45.4 cm³/mol. The fraction of sp³-hybridized carbons (Fsp3) is 1.00. The first kappa shape index (κ1) is 8.98. The van der Waals surface area contributed by atoms with Gasteiger partial charge in [0.1, 0.15) is 6.17 Å². The summed E-state index contributed by atoms with van der Waals surface area (Å²) in [7, 11) is 0. The molecule has 1 aliphatic rings. The second-order valence-electron chi connectivity index (χ2n) is 3.74. The Labute approximate surface area is 68.4 Å². The molecule has 1 saturated heterocycles. The standard InChI is InChI=1S/C9H18FN/c1-7(2)9(10)8-5-3-4-6-11-8/h7-9,11H,3-6H2,1-2H3/t8-,9-/m1/s1. The van der Waals surface area contributed by atoms with Crippen LogP contribution in [0.2, 0.25) is 0 Å². The van der Waals surface area contributed by atoms with E-state index in [9.17, 15) is 4.39 Å². The molecule has 0 radical (unpaired) electrons. The summed E-state index contributed by atoms with van der Waals surface area (Å²) in [4.78, 5) is 0. The molecular weight excluding hydrogens is 141 g/mol. The zero-order chi connectivity index (χ0) is 8.27. The Balaban J connectivity index is 2.32. The van der Waals surface area contributed by atoms with Gasteiger partial charge in [0, 0.05) is 6.04 Å². The molecule has 0 unspecified atom stereocenters. The molecular formula is C9H18FN. The summed E-state index contributed by atoms with van der Waals surface area (Å²) < 4.78 is 13.3. The van der Waals surface area contributed by atoms with E-state index in [2.05, 4.69) is 5.32 Å². The number of alkyl halides is 1. The maximum absolute atomic E-state index is 13.3. The zero-order valence-corrected chi connectivity index (χ0v) is 7.44. The molecule has 1 fully saturated rings. The molecule has 1 heterocycles. The molecule has 1 aliphatic heterocycles. The van der Waals surface area contributed by atoms with Gasteiger partial charge in [-0.05, 0) is 25.3 Å². The van der Waals surface area contributed by atoms with Crippen molar-refractivity contribution in [3.63, 3.8) is 0 Å². The van der Waals surface area contributed by atoms with Gasteiger partial charge in [-0.3, -0.25) is 0 Å². The van der Waals surface area contributed by atoms with Crippen LogP contribution in [0.4, 0.5) is 4.39 Å². The third-order valence-electron chi connectivity index (χ3n) is 2.37. The monoisotopic (exact) mass is 159 g/mol. The van der Waals surface area contributed by atoms with E-state index in [0.717, 1.165) is 13.0 Å². The average molecular weight is 159 g/mol. The number of piperidine rings is 1. The molecule has 0 amide bonds. The van der Waals surface area contributed by atoms with Crippen molar-refractivity contribution < 1.29 is 4.39 Å². The van der Waals surface area contributed by atoms with Gasteiger partial charge in [-0.15, -0.1) is 0 Å². The van der Waals surface area contributed by atoms with Crippen LogP contribution in [-0.4, -0.2) is 18.8 Å². The van der Waals surface area contributed by atoms with Crippen LogP contribution in [0, 0.1) is 5.92 Å². The number of rotatable bonds is 2. The smallest absolute Gasteiger partial charge is 0.118 e. The molecule has 0 saturated carbocycles. The van der Waals surface area contributed by atoms with Gasteiger partial charge in [-0.2, -0.15) is 0 Å². The third kappa shape index (κ3) is 2.44. The summed E-state index contributed by atoms with van der Waals surface area (Å²) in [5.41, 5.74) is 0. The molecule has 1 nitrogen and oxygen atoms in total. The lowest BCUT2D eigenvalue weighted by molar-refractivity contribution is 0.168. The van der Waals surface area contributed by atoms with Crippen molar-refractivity contribution in [3.05, 3.63) is 0 Å². The van der Waals surface area contributed by atoms with Crippen molar-refractivity contribution in [2.75, 3.05) is 6.54 Å². The molecule has 1 rings (SSSR count). The molecule has 2 atom stereocenters. The Morgan fingerprint density at radius 2 is 2.09 bits per heavy atom. The second kappa shape index (κ2) is 4.05. The summed E-state index contributed by atoms with van der Waals surface area (Å²) in [6.45, 7) is 4.89. The largest absolute Gasteiger partial charge is 0.311 e. The Morgan fingerprint density at radius 3 is 2.55 bits per heavy atom. The fourth-order valence-corrected chi connectivity index (χ4v) is 1.62. The summed E-state index contributed by atoms with van der Waals surface area (Å²) in [5, 5.41) is 3.23.